The fourth-order valence-electron chi connectivity index (χ4n) is 2.09. The lowest BCUT2D eigenvalue weighted by atomic mass is 9.81. The van der Waals surface area contributed by atoms with Gasteiger partial charge in [0.05, 0.1) is 5.56 Å². The summed E-state index contributed by atoms with van der Waals surface area (Å²) in [5.74, 6) is 1.46. The van der Waals surface area contributed by atoms with Gasteiger partial charge in [0.15, 0.2) is 5.82 Å². The minimum atomic E-state index is 0.226. The Morgan fingerprint density at radius 1 is 1.06 bits per heavy atom. The molecule has 1 fully saturated rings. The van der Waals surface area contributed by atoms with Crippen LogP contribution in [0.1, 0.15) is 30.7 Å². The Morgan fingerprint density at radius 2 is 1.76 bits per heavy atom. The van der Waals surface area contributed by atoms with E-state index >= 15 is 0 Å². The van der Waals surface area contributed by atoms with Crippen LogP contribution in [-0.4, -0.2) is 15.1 Å². The summed E-state index contributed by atoms with van der Waals surface area (Å²) in [6, 6.07) is 7.14. The first-order chi connectivity index (χ1) is 8.34. The molecule has 0 radical (unpaired) electrons. The molecule has 3 heteroatoms. The molecule has 86 valence electrons. The van der Waals surface area contributed by atoms with Crippen LogP contribution in [0.4, 0.5) is 0 Å². The Bertz CT molecular complexity index is 518. The highest BCUT2D eigenvalue weighted by molar-refractivity contribution is 5.63. The van der Waals surface area contributed by atoms with Crippen LogP contribution in [0.3, 0.4) is 0 Å². The molecule has 2 aromatic rings. The molecule has 0 spiro atoms. The summed E-state index contributed by atoms with van der Waals surface area (Å²) in [6.07, 6.45) is 7.58. The van der Waals surface area contributed by atoms with Crippen LogP contribution in [-0.2, 0) is 0 Å². The van der Waals surface area contributed by atoms with E-state index in [-0.39, 0.29) is 5.75 Å². The van der Waals surface area contributed by atoms with Crippen LogP contribution in [0, 0.1) is 0 Å². The summed E-state index contributed by atoms with van der Waals surface area (Å²) in [5, 5.41) is 9.72. The van der Waals surface area contributed by atoms with E-state index in [1.807, 2.05) is 24.5 Å². The van der Waals surface area contributed by atoms with Crippen molar-refractivity contribution in [3.8, 4) is 17.1 Å². The average molecular weight is 226 g/mol. The number of hydrogen-bond acceptors (Lipinski definition) is 3. The molecule has 0 unspecified atom stereocenters. The van der Waals surface area contributed by atoms with Gasteiger partial charge in [0, 0.05) is 12.4 Å². The highest BCUT2D eigenvalue weighted by Crippen LogP contribution is 2.36. The predicted molar refractivity (Wildman–Crippen MR) is 65.7 cm³/mol. The van der Waals surface area contributed by atoms with Crippen molar-refractivity contribution in [2.45, 2.75) is 25.2 Å². The highest BCUT2D eigenvalue weighted by atomic mass is 16.3. The zero-order valence-electron chi connectivity index (χ0n) is 9.50. The number of benzene rings is 1. The summed E-state index contributed by atoms with van der Waals surface area (Å²) in [7, 11) is 0. The SMILES string of the molecule is Oc1ccccc1-c1ncc(C2CCC2)cn1. The normalized spacial score (nSPS) is 15.5. The zero-order chi connectivity index (χ0) is 11.7. The van der Waals surface area contributed by atoms with Gasteiger partial charge in [-0.15, -0.1) is 0 Å². The lowest BCUT2D eigenvalue weighted by Gasteiger charge is -2.24. The molecule has 17 heavy (non-hydrogen) atoms. The van der Waals surface area contributed by atoms with Gasteiger partial charge in [0.1, 0.15) is 5.75 Å². The largest absolute Gasteiger partial charge is 0.507 e. The minimum absolute atomic E-state index is 0.226. The third-order valence-corrected chi connectivity index (χ3v) is 3.39. The van der Waals surface area contributed by atoms with Crippen LogP contribution in [0.2, 0.25) is 0 Å². The van der Waals surface area contributed by atoms with Crippen molar-refractivity contribution in [1.82, 2.24) is 9.97 Å². The van der Waals surface area contributed by atoms with Gasteiger partial charge in [-0.25, -0.2) is 9.97 Å². The summed E-state index contributed by atoms with van der Waals surface area (Å²) in [4.78, 5) is 8.68. The maximum atomic E-state index is 9.72. The molecule has 0 amide bonds. The third kappa shape index (κ3) is 1.88. The molecule has 1 aliphatic rings. The Morgan fingerprint density at radius 3 is 2.35 bits per heavy atom. The standard InChI is InChI=1S/C14H14N2O/c17-13-7-2-1-6-12(13)14-15-8-11(9-16-14)10-4-3-5-10/h1-2,6-10,17H,3-5H2. The number of aromatic nitrogens is 2. The summed E-state index contributed by atoms with van der Waals surface area (Å²) < 4.78 is 0. The maximum Gasteiger partial charge on any atom is 0.162 e. The van der Waals surface area contributed by atoms with Gasteiger partial charge in [0.25, 0.3) is 0 Å². The van der Waals surface area contributed by atoms with E-state index in [2.05, 4.69) is 9.97 Å². The maximum absolute atomic E-state index is 9.72. The number of nitrogens with zero attached hydrogens (tertiary/aromatic N) is 2. The topological polar surface area (TPSA) is 46.0 Å². The number of rotatable bonds is 2. The molecule has 0 atom stereocenters. The molecular weight excluding hydrogens is 212 g/mol. The smallest absolute Gasteiger partial charge is 0.162 e. The van der Waals surface area contributed by atoms with Crippen molar-refractivity contribution >= 4 is 0 Å². The number of phenols is 1. The molecule has 1 aromatic carbocycles. The van der Waals surface area contributed by atoms with Gasteiger partial charge >= 0.3 is 0 Å². The molecule has 3 rings (SSSR count). The van der Waals surface area contributed by atoms with E-state index in [1.54, 1.807) is 12.1 Å². The Hall–Kier alpha value is -1.90. The summed E-state index contributed by atoms with van der Waals surface area (Å²) >= 11 is 0. The monoisotopic (exact) mass is 226 g/mol. The molecule has 1 aliphatic carbocycles. The molecule has 1 heterocycles. The van der Waals surface area contributed by atoms with Crippen molar-refractivity contribution in [2.75, 3.05) is 0 Å². The van der Waals surface area contributed by atoms with Crippen molar-refractivity contribution in [2.24, 2.45) is 0 Å². The van der Waals surface area contributed by atoms with E-state index in [0.29, 0.717) is 17.3 Å². The first kappa shape index (κ1) is 10.3. The van der Waals surface area contributed by atoms with Gasteiger partial charge in [-0.1, -0.05) is 18.6 Å². The second-order valence-electron chi connectivity index (χ2n) is 4.48. The number of para-hydroxylation sites is 1. The summed E-state index contributed by atoms with van der Waals surface area (Å²) in [6.45, 7) is 0. The molecule has 1 saturated carbocycles. The van der Waals surface area contributed by atoms with Crippen molar-refractivity contribution in [3.63, 3.8) is 0 Å². The molecule has 1 N–H and O–H groups in total. The van der Waals surface area contributed by atoms with Gasteiger partial charge in [-0.3, -0.25) is 0 Å². The minimum Gasteiger partial charge on any atom is -0.507 e. The van der Waals surface area contributed by atoms with E-state index in [4.69, 9.17) is 0 Å². The molecule has 0 aliphatic heterocycles. The van der Waals surface area contributed by atoms with E-state index < -0.39 is 0 Å². The Labute approximate surface area is 100 Å². The Balaban J connectivity index is 1.91. The van der Waals surface area contributed by atoms with Crippen molar-refractivity contribution in [3.05, 3.63) is 42.2 Å². The average Bonchev–Trinajstić information content (AvgIpc) is 2.29. The van der Waals surface area contributed by atoms with Crippen LogP contribution in [0.5, 0.6) is 5.75 Å². The number of phenolic OH excluding ortho intramolecular Hbond substituents is 1. The van der Waals surface area contributed by atoms with Crippen molar-refractivity contribution < 1.29 is 5.11 Å². The van der Waals surface area contributed by atoms with Gasteiger partial charge in [-0.2, -0.15) is 0 Å². The summed E-state index contributed by atoms with van der Waals surface area (Å²) in [5.41, 5.74) is 1.91. The van der Waals surface area contributed by atoms with Gasteiger partial charge in [0.2, 0.25) is 0 Å². The highest BCUT2D eigenvalue weighted by Gasteiger charge is 2.20. The van der Waals surface area contributed by atoms with Crippen molar-refractivity contribution in [1.29, 1.82) is 0 Å². The van der Waals surface area contributed by atoms with Gasteiger partial charge in [-0.05, 0) is 36.5 Å². The second-order valence-corrected chi connectivity index (χ2v) is 4.48. The third-order valence-electron chi connectivity index (χ3n) is 3.39. The van der Waals surface area contributed by atoms with Crippen LogP contribution >= 0.6 is 0 Å². The van der Waals surface area contributed by atoms with E-state index in [1.165, 1.54) is 24.8 Å². The zero-order valence-corrected chi connectivity index (χ0v) is 9.50. The van der Waals surface area contributed by atoms with E-state index in [9.17, 15) is 5.11 Å². The van der Waals surface area contributed by atoms with Gasteiger partial charge < -0.3 is 5.11 Å². The number of hydrogen-bond donors (Lipinski definition) is 1. The lowest BCUT2D eigenvalue weighted by molar-refractivity contribution is 0.418. The molecular formula is C14H14N2O. The van der Waals surface area contributed by atoms with E-state index in [0.717, 1.165) is 0 Å². The Kier molecular flexibility index (Phi) is 2.52. The molecule has 3 nitrogen and oxygen atoms in total. The number of aromatic hydroxyl groups is 1. The fraction of sp³-hybridized carbons (Fsp3) is 0.286. The van der Waals surface area contributed by atoms with Crippen LogP contribution in [0.25, 0.3) is 11.4 Å². The molecule has 1 aromatic heterocycles. The fourth-order valence-corrected chi connectivity index (χ4v) is 2.09. The predicted octanol–water partition coefficient (Wildman–Crippen LogP) is 3.12. The van der Waals surface area contributed by atoms with Crippen LogP contribution < -0.4 is 0 Å². The first-order valence-electron chi connectivity index (χ1n) is 5.95. The molecule has 0 bridgehead atoms. The first-order valence-corrected chi connectivity index (χ1v) is 5.95. The quantitative estimate of drug-likeness (QED) is 0.855. The second kappa shape index (κ2) is 4.17. The molecule has 0 saturated heterocycles. The van der Waals surface area contributed by atoms with Crippen LogP contribution in [0.15, 0.2) is 36.7 Å². The lowest BCUT2D eigenvalue weighted by Crippen LogP contribution is -2.09.